The molecule has 0 aliphatic carbocycles. The first-order chi connectivity index (χ1) is 14.0. The molecule has 7 heteroatoms. The van der Waals surface area contributed by atoms with Gasteiger partial charge in [-0.3, -0.25) is 0 Å². The minimum atomic E-state index is 0.258. The highest BCUT2D eigenvalue weighted by molar-refractivity contribution is 7.80. The Morgan fingerprint density at radius 2 is 1.76 bits per heavy atom. The third kappa shape index (κ3) is 4.78. The van der Waals surface area contributed by atoms with Gasteiger partial charge < -0.3 is 20.4 Å². The maximum Gasteiger partial charge on any atom is 0.232 e. The molecule has 4 rings (SSSR count). The fourth-order valence-electron chi connectivity index (χ4n) is 4.09. The Labute approximate surface area is 178 Å². The Kier molecular flexibility index (Phi) is 5.85. The molecular weight excluding hydrogens is 380 g/mol. The number of hydrogen-bond donors (Lipinski definition) is 2. The highest BCUT2D eigenvalue weighted by atomic mass is 32.1. The minimum absolute atomic E-state index is 0.258. The van der Waals surface area contributed by atoms with Crippen molar-refractivity contribution >= 4 is 34.9 Å². The number of rotatable bonds is 4. The lowest BCUT2D eigenvalue weighted by Gasteiger charge is -2.32. The first kappa shape index (κ1) is 19.9. The summed E-state index contributed by atoms with van der Waals surface area (Å²) < 4.78 is 0. The van der Waals surface area contributed by atoms with E-state index in [1.807, 2.05) is 0 Å². The molecule has 154 valence electrons. The monoisotopic (exact) mass is 410 g/mol. The number of benzene rings is 1. The zero-order valence-electron chi connectivity index (χ0n) is 17.5. The molecule has 2 aromatic rings. The fourth-order valence-corrected chi connectivity index (χ4v) is 4.42. The summed E-state index contributed by atoms with van der Waals surface area (Å²) in [5.41, 5.74) is 2.73. The van der Waals surface area contributed by atoms with Crippen LogP contribution in [0.15, 0.2) is 30.3 Å². The van der Waals surface area contributed by atoms with Crippen molar-refractivity contribution in [2.45, 2.75) is 52.7 Å². The van der Waals surface area contributed by atoms with E-state index in [0.717, 1.165) is 37.8 Å². The molecule has 3 heterocycles. The van der Waals surface area contributed by atoms with Gasteiger partial charge in [-0.1, -0.05) is 31.2 Å². The van der Waals surface area contributed by atoms with E-state index >= 15 is 0 Å². The van der Waals surface area contributed by atoms with Crippen LogP contribution in [0, 0.1) is 5.92 Å². The number of anilines is 3. The largest absolute Gasteiger partial charge is 0.360 e. The number of nitrogens with zero attached hydrogens (tertiary/aromatic N) is 4. The second kappa shape index (κ2) is 8.53. The highest BCUT2D eigenvalue weighted by Crippen LogP contribution is 2.31. The van der Waals surface area contributed by atoms with E-state index in [1.165, 1.54) is 24.0 Å². The van der Waals surface area contributed by atoms with E-state index in [1.54, 1.807) is 0 Å². The molecule has 0 spiro atoms. The molecule has 1 fully saturated rings. The highest BCUT2D eigenvalue weighted by Gasteiger charge is 2.24. The molecule has 1 unspecified atom stereocenters. The number of fused-ring (bicyclic) bond motifs is 1. The Morgan fingerprint density at radius 1 is 1.10 bits per heavy atom. The molecule has 6 nitrogen and oxygen atoms in total. The van der Waals surface area contributed by atoms with Gasteiger partial charge in [0.15, 0.2) is 5.11 Å². The third-order valence-electron chi connectivity index (χ3n) is 5.49. The van der Waals surface area contributed by atoms with E-state index < -0.39 is 0 Å². The molecule has 1 saturated heterocycles. The van der Waals surface area contributed by atoms with Gasteiger partial charge in [-0.05, 0) is 56.0 Å². The zero-order chi connectivity index (χ0) is 20.4. The summed E-state index contributed by atoms with van der Waals surface area (Å²) in [5, 5.41) is 6.96. The molecule has 2 N–H and O–H groups in total. The van der Waals surface area contributed by atoms with Crippen molar-refractivity contribution < 1.29 is 0 Å². The average molecular weight is 411 g/mol. The zero-order valence-corrected chi connectivity index (χ0v) is 18.3. The van der Waals surface area contributed by atoms with Crippen LogP contribution in [0.3, 0.4) is 0 Å². The van der Waals surface area contributed by atoms with E-state index in [2.05, 4.69) is 71.5 Å². The topological polar surface area (TPSA) is 56.3 Å². The number of aromatic nitrogens is 2. The van der Waals surface area contributed by atoms with E-state index in [9.17, 15) is 0 Å². The molecule has 1 atom stereocenters. The molecular formula is C22H30N6S. The normalized spacial score (nSPS) is 18.7. The maximum atomic E-state index is 5.44. The summed E-state index contributed by atoms with van der Waals surface area (Å²) in [6.07, 6.45) is 2.48. The molecule has 1 aromatic heterocycles. The van der Waals surface area contributed by atoms with Crippen molar-refractivity contribution in [2.75, 3.05) is 28.2 Å². The maximum absolute atomic E-state index is 5.44. The van der Waals surface area contributed by atoms with Crippen molar-refractivity contribution in [3.05, 3.63) is 41.5 Å². The summed E-state index contributed by atoms with van der Waals surface area (Å²) in [6.45, 7) is 10.3. The SMILES string of the molecule is CC1CCCN(c2cc(N3Cc4ccccc4C3)nc(NC(=S)NC(C)C)n2)C1. The average Bonchev–Trinajstić information content (AvgIpc) is 3.11. The lowest BCUT2D eigenvalue weighted by molar-refractivity contribution is 0.444. The summed E-state index contributed by atoms with van der Waals surface area (Å²) in [7, 11) is 0. The van der Waals surface area contributed by atoms with Crippen LogP contribution in [0.2, 0.25) is 0 Å². The predicted octanol–water partition coefficient (Wildman–Crippen LogP) is 3.93. The Bertz CT molecular complexity index is 858. The Hall–Kier alpha value is -2.41. The lowest BCUT2D eigenvalue weighted by atomic mass is 10.0. The van der Waals surface area contributed by atoms with E-state index in [0.29, 0.717) is 17.0 Å². The molecule has 2 aliphatic heterocycles. The number of nitrogens with one attached hydrogen (secondary N) is 2. The summed E-state index contributed by atoms with van der Waals surface area (Å²) in [5.74, 6) is 3.16. The molecule has 0 saturated carbocycles. The number of hydrogen-bond acceptors (Lipinski definition) is 5. The van der Waals surface area contributed by atoms with Gasteiger partial charge in [-0.2, -0.15) is 9.97 Å². The fraction of sp³-hybridized carbons (Fsp3) is 0.500. The minimum Gasteiger partial charge on any atom is -0.360 e. The molecule has 0 radical (unpaired) electrons. The van der Waals surface area contributed by atoms with Crippen molar-refractivity contribution in [1.82, 2.24) is 15.3 Å². The van der Waals surface area contributed by atoms with Gasteiger partial charge in [-0.25, -0.2) is 0 Å². The second-order valence-corrected chi connectivity index (χ2v) is 8.89. The van der Waals surface area contributed by atoms with Gasteiger partial charge in [0, 0.05) is 38.3 Å². The quantitative estimate of drug-likeness (QED) is 0.741. The van der Waals surface area contributed by atoms with Crippen LogP contribution in [-0.2, 0) is 13.1 Å². The first-order valence-corrected chi connectivity index (χ1v) is 10.9. The Morgan fingerprint density at radius 3 is 2.38 bits per heavy atom. The first-order valence-electron chi connectivity index (χ1n) is 10.5. The van der Waals surface area contributed by atoms with Gasteiger partial charge in [-0.15, -0.1) is 0 Å². The predicted molar refractivity (Wildman–Crippen MR) is 123 cm³/mol. The van der Waals surface area contributed by atoms with Crippen molar-refractivity contribution in [2.24, 2.45) is 5.92 Å². The van der Waals surface area contributed by atoms with Crippen molar-refractivity contribution in [1.29, 1.82) is 0 Å². The van der Waals surface area contributed by atoms with E-state index in [-0.39, 0.29) is 6.04 Å². The smallest absolute Gasteiger partial charge is 0.232 e. The second-order valence-electron chi connectivity index (χ2n) is 8.48. The molecule has 0 bridgehead atoms. The van der Waals surface area contributed by atoms with Gasteiger partial charge in [0.2, 0.25) is 5.95 Å². The summed E-state index contributed by atoms with van der Waals surface area (Å²) in [4.78, 5) is 14.3. The van der Waals surface area contributed by atoms with Crippen LogP contribution in [-0.4, -0.2) is 34.2 Å². The Balaban J connectivity index is 1.62. The van der Waals surface area contributed by atoms with Crippen LogP contribution in [0.4, 0.5) is 17.6 Å². The number of piperidine rings is 1. The number of thiocarbonyl (C=S) groups is 1. The van der Waals surface area contributed by atoms with Gasteiger partial charge in [0.05, 0.1) is 0 Å². The van der Waals surface area contributed by atoms with Gasteiger partial charge in [0.1, 0.15) is 11.6 Å². The van der Waals surface area contributed by atoms with Crippen LogP contribution >= 0.6 is 12.2 Å². The summed E-state index contributed by atoms with van der Waals surface area (Å²) >= 11 is 5.44. The van der Waals surface area contributed by atoms with Crippen molar-refractivity contribution in [3.8, 4) is 0 Å². The molecule has 0 amide bonds. The van der Waals surface area contributed by atoms with Crippen LogP contribution in [0.1, 0.15) is 44.7 Å². The van der Waals surface area contributed by atoms with E-state index in [4.69, 9.17) is 22.2 Å². The van der Waals surface area contributed by atoms with Gasteiger partial charge >= 0.3 is 0 Å². The third-order valence-corrected chi connectivity index (χ3v) is 5.71. The van der Waals surface area contributed by atoms with Crippen LogP contribution in [0.5, 0.6) is 0 Å². The molecule has 2 aliphatic rings. The molecule has 1 aromatic carbocycles. The lowest BCUT2D eigenvalue weighted by Crippen LogP contribution is -2.36. The standard InChI is InChI=1S/C22H30N6S/c1-15(2)23-22(29)26-21-24-19(27-10-6-7-16(3)12-27)11-20(25-21)28-13-17-8-4-5-9-18(17)14-28/h4-5,8-9,11,15-16H,6-7,10,12-14H2,1-3H3,(H2,23,24,25,26,29). The molecule has 29 heavy (non-hydrogen) atoms. The summed E-state index contributed by atoms with van der Waals surface area (Å²) in [6, 6.07) is 11.0. The van der Waals surface area contributed by atoms with Gasteiger partial charge in [0.25, 0.3) is 0 Å². The van der Waals surface area contributed by atoms with Crippen LogP contribution in [0.25, 0.3) is 0 Å². The van der Waals surface area contributed by atoms with Crippen LogP contribution < -0.4 is 20.4 Å². The van der Waals surface area contributed by atoms with Crippen molar-refractivity contribution in [3.63, 3.8) is 0 Å².